The molecule has 20 heavy (non-hydrogen) atoms. The Kier molecular flexibility index (Phi) is 3.95. The molecule has 0 atom stereocenters. The van der Waals surface area contributed by atoms with Crippen LogP contribution in [0.2, 0.25) is 0 Å². The second kappa shape index (κ2) is 5.43. The Morgan fingerprint density at radius 3 is 2.40 bits per heavy atom. The maximum atomic E-state index is 12.5. The standard InChI is InChI=1S/C15H20BrNO2S/c1-10-2-7-13(16)8-15(10)20(18,19)17-9-14(11-3-4-11)12-5-6-12/h2,7-8,11-12,14,17H,3-6,9H2,1H3. The fourth-order valence-corrected chi connectivity index (χ4v) is 4.77. The van der Waals surface area contributed by atoms with E-state index in [0.29, 0.717) is 17.4 Å². The fourth-order valence-electron chi connectivity index (χ4n) is 2.91. The minimum Gasteiger partial charge on any atom is -0.211 e. The highest BCUT2D eigenvalue weighted by atomic mass is 79.9. The summed E-state index contributed by atoms with van der Waals surface area (Å²) in [5.74, 6) is 2.07. The van der Waals surface area contributed by atoms with Crippen LogP contribution in [-0.2, 0) is 10.0 Å². The van der Waals surface area contributed by atoms with Gasteiger partial charge in [-0.15, -0.1) is 0 Å². The normalized spacial score (nSPS) is 19.6. The molecule has 2 saturated carbocycles. The van der Waals surface area contributed by atoms with Gasteiger partial charge < -0.3 is 0 Å². The van der Waals surface area contributed by atoms with Crippen molar-refractivity contribution >= 4 is 26.0 Å². The minimum atomic E-state index is -3.40. The third-order valence-corrected chi connectivity index (χ3v) is 6.46. The zero-order chi connectivity index (χ0) is 14.3. The second-order valence-corrected chi connectivity index (χ2v) is 8.75. The van der Waals surface area contributed by atoms with Crippen molar-refractivity contribution in [2.75, 3.05) is 6.54 Å². The molecular weight excluding hydrogens is 338 g/mol. The fraction of sp³-hybridized carbons (Fsp3) is 0.600. The van der Waals surface area contributed by atoms with Crippen LogP contribution in [0, 0.1) is 24.7 Å². The Morgan fingerprint density at radius 1 is 1.25 bits per heavy atom. The Bertz CT molecular complexity index is 594. The van der Waals surface area contributed by atoms with E-state index in [1.165, 1.54) is 25.7 Å². The van der Waals surface area contributed by atoms with Crippen molar-refractivity contribution < 1.29 is 8.42 Å². The number of nitrogens with one attached hydrogen (secondary N) is 1. The molecule has 1 aromatic carbocycles. The van der Waals surface area contributed by atoms with Crippen LogP contribution in [0.5, 0.6) is 0 Å². The largest absolute Gasteiger partial charge is 0.240 e. The average molecular weight is 358 g/mol. The summed E-state index contributed by atoms with van der Waals surface area (Å²) in [6.45, 7) is 2.43. The van der Waals surface area contributed by atoms with Gasteiger partial charge in [-0.3, -0.25) is 0 Å². The summed E-state index contributed by atoms with van der Waals surface area (Å²) >= 11 is 3.34. The Balaban J connectivity index is 1.73. The van der Waals surface area contributed by atoms with Crippen molar-refractivity contribution in [3.63, 3.8) is 0 Å². The molecule has 5 heteroatoms. The molecule has 3 nitrogen and oxygen atoms in total. The van der Waals surface area contributed by atoms with Gasteiger partial charge in [0.1, 0.15) is 0 Å². The van der Waals surface area contributed by atoms with E-state index in [1.807, 2.05) is 19.1 Å². The van der Waals surface area contributed by atoms with E-state index in [4.69, 9.17) is 0 Å². The van der Waals surface area contributed by atoms with Crippen LogP contribution in [0.3, 0.4) is 0 Å². The Hall–Kier alpha value is -0.390. The molecule has 0 saturated heterocycles. The van der Waals surface area contributed by atoms with Crippen molar-refractivity contribution in [1.29, 1.82) is 0 Å². The number of aryl methyl sites for hydroxylation is 1. The van der Waals surface area contributed by atoms with Crippen LogP contribution in [0.1, 0.15) is 31.2 Å². The van der Waals surface area contributed by atoms with Gasteiger partial charge >= 0.3 is 0 Å². The molecule has 0 radical (unpaired) electrons. The lowest BCUT2D eigenvalue weighted by molar-refractivity contribution is 0.401. The first-order chi connectivity index (χ1) is 9.47. The Labute approximate surface area is 129 Å². The van der Waals surface area contributed by atoms with Gasteiger partial charge in [-0.1, -0.05) is 22.0 Å². The molecule has 0 amide bonds. The van der Waals surface area contributed by atoms with Gasteiger partial charge in [0, 0.05) is 11.0 Å². The number of sulfonamides is 1. The van der Waals surface area contributed by atoms with Gasteiger partial charge in [0.05, 0.1) is 4.90 Å². The maximum absolute atomic E-state index is 12.5. The summed E-state index contributed by atoms with van der Waals surface area (Å²) < 4.78 is 28.6. The minimum absolute atomic E-state index is 0.386. The summed E-state index contributed by atoms with van der Waals surface area (Å²) in [5, 5.41) is 0. The number of hydrogen-bond acceptors (Lipinski definition) is 2. The van der Waals surface area contributed by atoms with Gasteiger partial charge in [0.2, 0.25) is 10.0 Å². The van der Waals surface area contributed by atoms with Crippen LogP contribution in [0.25, 0.3) is 0 Å². The van der Waals surface area contributed by atoms with E-state index in [0.717, 1.165) is 21.9 Å². The van der Waals surface area contributed by atoms with Crippen molar-refractivity contribution in [1.82, 2.24) is 4.72 Å². The lowest BCUT2D eigenvalue weighted by Crippen LogP contribution is -2.31. The third-order valence-electron chi connectivity index (χ3n) is 4.40. The zero-order valence-electron chi connectivity index (χ0n) is 11.6. The monoisotopic (exact) mass is 357 g/mol. The van der Waals surface area contributed by atoms with Gasteiger partial charge in [-0.2, -0.15) is 0 Å². The van der Waals surface area contributed by atoms with E-state index in [1.54, 1.807) is 6.07 Å². The zero-order valence-corrected chi connectivity index (χ0v) is 14.0. The predicted molar refractivity (Wildman–Crippen MR) is 83.0 cm³/mol. The van der Waals surface area contributed by atoms with Crippen LogP contribution < -0.4 is 4.72 Å². The maximum Gasteiger partial charge on any atom is 0.240 e. The smallest absolute Gasteiger partial charge is 0.211 e. The quantitative estimate of drug-likeness (QED) is 0.846. The van der Waals surface area contributed by atoms with Crippen LogP contribution in [-0.4, -0.2) is 15.0 Å². The summed E-state index contributed by atoms with van der Waals surface area (Å²) in [6, 6.07) is 5.38. The van der Waals surface area contributed by atoms with E-state index >= 15 is 0 Å². The molecule has 110 valence electrons. The molecule has 2 aliphatic carbocycles. The molecule has 1 N–H and O–H groups in total. The van der Waals surface area contributed by atoms with Gasteiger partial charge in [-0.05, 0) is 68.1 Å². The lowest BCUT2D eigenvalue weighted by atomic mass is 9.99. The average Bonchev–Trinajstić information content (AvgIpc) is 3.25. The molecule has 2 fully saturated rings. The highest BCUT2D eigenvalue weighted by Gasteiger charge is 2.41. The molecule has 0 unspecified atom stereocenters. The van der Waals surface area contributed by atoms with E-state index in [2.05, 4.69) is 20.7 Å². The topological polar surface area (TPSA) is 46.2 Å². The molecule has 3 rings (SSSR count). The summed E-state index contributed by atoms with van der Waals surface area (Å²) in [7, 11) is -3.40. The van der Waals surface area contributed by atoms with Gasteiger partial charge in [0.15, 0.2) is 0 Å². The van der Waals surface area contributed by atoms with Crippen LogP contribution in [0.4, 0.5) is 0 Å². The lowest BCUT2D eigenvalue weighted by Gasteiger charge is -2.17. The van der Waals surface area contributed by atoms with Gasteiger partial charge in [0.25, 0.3) is 0 Å². The van der Waals surface area contributed by atoms with Crippen molar-refractivity contribution in [3.8, 4) is 0 Å². The number of rotatable bonds is 6. The van der Waals surface area contributed by atoms with E-state index in [-0.39, 0.29) is 0 Å². The summed E-state index contributed by atoms with van der Waals surface area (Å²) in [5.41, 5.74) is 0.787. The number of halogens is 1. The third kappa shape index (κ3) is 3.26. The van der Waals surface area contributed by atoms with Gasteiger partial charge in [-0.25, -0.2) is 13.1 Å². The summed E-state index contributed by atoms with van der Waals surface area (Å²) in [6.07, 6.45) is 5.11. The SMILES string of the molecule is Cc1ccc(Br)cc1S(=O)(=O)NCC(C1CC1)C1CC1. The summed E-state index contributed by atoms with van der Waals surface area (Å²) in [4.78, 5) is 0.386. The van der Waals surface area contributed by atoms with Crippen molar-refractivity contribution in [2.24, 2.45) is 17.8 Å². The van der Waals surface area contributed by atoms with E-state index in [9.17, 15) is 8.42 Å². The number of hydrogen-bond donors (Lipinski definition) is 1. The molecule has 0 bridgehead atoms. The van der Waals surface area contributed by atoms with Crippen LogP contribution in [0.15, 0.2) is 27.6 Å². The van der Waals surface area contributed by atoms with Crippen LogP contribution >= 0.6 is 15.9 Å². The molecule has 0 aromatic heterocycles. The predicted octanol–water partition coefficient (Wildman–Crippen LogP) is 3.47. The molecule has 0 aliphatic heterocycles. The molecule has 0 heterocycles. The second-order valence-electron chi connectivity index (χ2n) is 6.10. The molecular formula is C15H20BrNO2S. The highest BCUT2D eigenvalue weighted by Crippen LogP contribution is 2.48. The van der Waals surface area contributed by atoms with E-state index < -0.39 is 10.0 Å². The molecule has 1 aromatic rings. The van der Waals surface area contributed by atoms with Crippen molar-refractivity contribution in [2.45, 2.75) is 37.5 Å². The molecule has 0 spiro atoms. The van der Waals surface area contributed by atoms with Crippen molar-refractivity contribution in [3.05, 3.63) is 28.2 Å². The first-order valence-electron chi connectivity index (χ1n) is 7.23. The first kappa shape index (κ1) is 14.5. The molecule has 2 aliphatic rings. The number of benzene rings is 1. The first-order valence-corrected chi connectivity index (χ1v) is 9.51. The Morgan fingerprint density at radius 2 is 1.85 bits per heavy atom. The highest BCUT2D eigenvalue weighted by molar-refractivity contribution is 9.10.